The third-order valence-electron chi connectivity index (χ3n) is 5.76. The Morgan fingerprint density at radius 3 is 2.58 bits per heavy atom. The Morgan fingerprint density at radius 2 is 1.81 bits per heavy atom. The molecule has 1 N–H and O–H groups in total. The second-order valence-electron chi connectivity index (χ2n) is 7.70. The predicted molar refractivity (Wildman–Crippen MR) is 120 cm³/mol. The number of nitrogens with one attached hydrogen (secondary N) is 1. The zero-order valence-electron chi connectivity index (χ0n) is 17.4. The van der Waals surface area contributed by atoms with Crippen molar-refractivity contribution in [2.24, 2.45) is 0 Å². The molecule has 7 nitrogen and oxygen atoms in total. The number of furan rings is 1. The summed E-state index contributed by atoms with van der Waals surface area (Å²) in [6.45, 7) is 3.87. The summed E-state index contributed by atoms with van der Waals surface area (Å²) < 4.78 is 11.5. The predicted octanol–water partition coefficient (Wildman–Crippen LogP) is 4.34. The number of hydrogen-bond acceptors (Lipinski definition) is 5. The van der Waals surface area contributed by atoms with Gasteiger partial charge >= 0.3 is 6.03 Å². The van der Waals surface area contributed by atoms with Gasteiger partial charge in [-0.25, -0.2) is 4.79 Å². The molecule has 0 atom stereocenters. The van der Waals surface area contributed by atoms with Crippen LogP contribution in [0.15, 0.2) is 65.3 Å². The van der Waals surface area contributed by atoms with Crippen molar-refractivity contribution >= 4 is 33.7 Å². The van der Waals surface area contributed by atoms with Gasteiger partial charge in [0.25, 0.3) is 0 Å². The SMILES string of the molecule is COc1cc2c(cc1NC(=O)N1CCN(Cc3ccncc3)CC1)oc1ccccc12. The van der Waals surface area contributed by atoms with Crippen molar-refractivity contribution in [3.8, 4) is 5.75 Å². The van der Waals surface area contributed by atoms with E-state index < -0.39 is 0 Å². The average Bonchev–Trinajstić information content (AvgIpc) is 3.17. The van der Waals surface area contributed by atoms with E-state index in [0.29, 0.717) is 24.5 Å². The van der Waals surface area contributed by atoms with Crippen LogP contribution in [-0.4, -0.2) is 54.1 Å². The second kappa shape index (κ2) is 8.28. The van der Waals surface area contributed by atoms with Crippen LogP contribution >= 0.6 is 0 Å². The molecule has 4 aromatic rings. The van der Waals surface area contributed by atoms with Crippen LogP contribution < -0.4 is 10.1 Å². The summed E-state index contributed by atoms with van der Waals surface area (Å²) in [5, 5.41) is 5.00. The number of aromatic nitrogens is 1. The molecule has 2 aromatic carbocycles. The van der Waals surface area contributed by atoms with Gasteiger partial charge in [0, 0.05) is 62.0 Å². The molecule has 0 aliphatic carbocycles. The molecule has 2 amide bonds. The summed E-state index contributed by atoms with van der Waals surface area (Å²) in [5.74, 6) is 0.615. The van der Waals surface area contributed by atoms with Gasteiger partial charge in [-0.2, -0.15) is 0 Å². The fourth-order valence-corrected chi connectivity index (χ4v) is 4.07. The number of fused-ring (bicyclic) bond motifs is 3. The number of nitrogens with zero attached hydrogens (tertiary/aromatic N) is 3. The highest BCUT2D eigenvalue weighted by atomic mass is 16.5. The highest BCUT2D eigenvalue weighted by molar-refractivity contribution is 6.07. The lowest BCUT2D eigenvalue weighted by molar-refractivity contribution is 0.143. The minimum Gasteiger partial charge on any atom is -0.495 e. The Labute approximate surface area is 180 Å². The maximum atomic E-state index is 12.9. The molecule has 31 heavy (non-hydrogen) atoms. The lowest BCUT2D eigenvalue weighted by Gasteiger charge is -2.34. The molecule has 0 unspecified atom stereocenters. The summed E-state index contributed by atoms with van der Waals surface area (Å²) in [4.78, 5) is 21.2. The van der Waals surface area contributed by atoms with Gasteiger partial charge in [-0.3, -0.25) is 9.88 Å². The van der Waals surface area contributed by atoms with Crippen LogP contribution in [0.2, 0.25) is 0 Å². The first-order valence-electron chi connectivity index (χ1n) is 10.4. The molecule has 7 heteroatoms. The standard InChI is InChI=1S/C24H24N4O3/c1-30-23-14-19-18-4-2-3-5-21(18)31-22(19)15-20(23)26-24(29)28-12-10-27(11-13-28)16-17-6-8-25-9-7-17/h2-9,14-15H,10-13,16H2,1H3,(H,26,29). The normalized spacial score (nSPS) is 14.8. The van der Waals surface area contributed by atoms with Crippen LogP contribution in [0.25, 0.3) is 21.9 Å². The van der Waals surface area contributed by atoms with E-state index in [1.54, 1.807) is 7.11 Å². The van der Waals surface area contributed by atoms with E-state index in [1.165, 1.54) is 5.56 Å². The number of hydrogen-bond donors (Lipinski definition) is 1. The lowest BCUT2D eigenvalue weighted by atomic mass is 10.1. The zero-order chi connectivity index (χ0) is 21.2. The van der Waals surface area contributed by atoms with Crippen LogP contribution in [0, 0.1) is 0 Å². The fourth-order valence-electron chi connectivity index (χ4n) is 4.07. The number of methoxy groups -OCH3 is 1. The first-order valence-corrected chi connectivity index (χ1v) is 10.4. The molecule has 1 fully saturated rings. The number of anilines is 1. The first kappa shape index (κ1) is 19.4. The molecule has 1 aliphatic heterocycles. The van der Waals surface area contributed by atoms with Crippen LogP contribution in [0.5, 0.6) is 5.75 Å². The Kier molecular flexibility index (Phi) is 5.18. The van der Waals surface area contributed by atoms with Gasteiger partial charge in [-0.15, -0.1) is 0 Å². The van der Waals surface area contributed by atoms with Gasteiger partial charge in [-0.1, -0.05) is 18.2 Å². The maximum Gasteiger partial charge on any atom is 0.322 e. The molecular weight excluding hydrogens is 392 g/mol. The topological polar surface area (TPSA) is 70.8 Å². The molecule has 2 aromatic heterocycles. The third-order valence-corrected chi connectivity index (χ3v) is 5.76. The van der Waals surface area contributed by atoms with E-state index in [2.05, 4.69) is 15.2 Å². The number of para-hydroxylation sites is 1. The minimum absolute atomic E-state index is 0.127. The van der Waals surface area contributed by atoms with Gasteiger partial charge in [0.15, 0.2) is 0 Å². The Balaban J connectivity index is 1.28. The van der Waals surface area contributed by atoms with Crippen molar-refractivity contribution < 1.29 is 13.9 Å². The number of benzene rings is 2. The van der Waals surface area contributed by atoms with Gasteiger partial charge in [0.1, 0.15) is 16.9 Å². The van der Waals surface area contributed by atoms with Crippen LogP contribution in [0.1, 0.15) is 5.56 Å². The third kappa shape index (κ3) is 3.92. The molecule has 0 radical (unpaired) electrons. The molecule has 1 aliphatic rings. The van der Waals surface area contributed by atoms with Crippen molar-refractivity contribution in [2.75, 3.05) is 38.6 Å². The molecule has 0 saturated carbocycles. The van der Waals surface area contributed by atoms with Crippen molar-refractivity contribution in [1.82, 2.24) is 14.8 Å². The number of rotatable bonds is 4. The highest BCUT2D eigenvalue weighted by Crippen LogP contribution is 2.36. The van der Waals surface area contributed by atoms with E-state index in [0.717, 1.165) is 41.6 Å². The smallest absolute Gasteiger partial charge is 0.322 e. The summed E-state index contributed by atoms with van der Waals surface area (Å²) in [6, 6.07) is 15.6. The number of carbonyl (C=O) groups excluding carboxylic acids is 1. The number of carbonyl (C=O) groups is 1. The quantitative estimate of drug-likeness (QED) is 0.536. The van der Waals surface area contributed by atoms with Gasteiger partial charge < -0.3 is 19.4 Å². The molecule has 0 spiro atoms. The number of urea groups is 1. The molecule has 158 valence electrons. The summed E-state index contributed by atoms with van der Waals surface area (Å²) in [6.07, 6.45) is 3.62. The van der Waals surface area contributed by atoms with E-state index in [1.807, 2.05) is 65.8 Å². The number of ether oxygens (including phenoxy) is 1. The maximum absolute atomic E-state index is 12.9. The summed E-state index contributed by atoms with van der Waals surface area (Å²) >= 11 is 0. The van der Waals surface area contributed by atoms with E-state index in [-0.39, 0.29) is 6.03 Å². The lowest BCUT2D eigenvalue weighted by Crippen LogP contribution is -2.49. The molecular formula is C24H24N4O3. The number of pyridine rings is 1. The van der Waals surface area contributed by atoms with Crippen molar-refractivity contribution in [3.05, 3.63) is 66.5 Å². The van der Waals surface area contributed by atoms with Crippen LogP contribution in [0.4, 0.5) is 10.5 Å². The summed E-state index contributed by atoms with van der Waals surface area (Å²) in [5.41, 5.74) is 3.38. The van der Waals surface area contributed by atoms with E-state index >= 15 is 0 Å². The van der Waals surface area contributed by atoms with Crippen molar-refractivity contribution in [2.45, 2.75) is 6.54 Å². The molecule has 5 rings (SSSR count). The van der Waals surface area contributed by atoms with Crippen LogP contribution in [0.3, 0.4) is 0 Å². The van der Waals surface area contributed by atoms with E-state index in [9.17, 15) is 4.79 Å². The largest absolute Gasteiger partial charge is 0.495 e. The Bertz CT molecular complexity index is 1210. The highest BCUT2D eigenvalue weighted by Gasteiger charge is 2.22. The second-order valence-corrected chi connectivity index (χ2v) is 7.70. The number of piperazine rings is 1. The zero-order valence-corrected chi connectivity index (χ0v) is 17.4. The fraction of sp³-hybridized carbons (Fsp3) is 0.250. The van der Waals surface area contributed by atoms with Crippen molar-refractivity contribution in [1.29, 1.82) is 0 Å². The van der Waals surface area contributed by atoms with Crippen LogP contribution in [-0.2, 0) is 6.54 Å². The van der Waals surface area contributed by atoms with E-state index in [4.69, 9.17) is 9.15 Å². The summed E-state index contributed by atoms with van der Waals surface area (Å²) in [7, 11) is 1.61. The molecule has 1 saturated heterocycles. The monoisotopic (exact) mass is 416 g/mol. The van der Waals surface area contributed by atoms with Gasteiger partial charge in [0.05, 0.1) is 12.8 Å². The van der Waals surface area contributed by atoms with Gasteiger partial charge in [0.2, 0.25) is 0 Å². The van der Waals surface area contributed by atoms with Crippen molar-refractivity contribution in [3.63, 3.8) is 0 Å². The van der Waals surface area contributed by atoms with Gasteiger partial charge in [-0.05, 0) is 29.8 Å². The average molecular weight is 416 g/mol. The molecule has 0 bridgehead atoms. The Morgan fingerprint density at radius 1 is 1.03 bits per heavy atom. The number of amides is 2. The first-order chi connectivity index (χ1) is 15.2. The molecule has 3 heterocycles. The minimum atomic E-state index is -0.127. The Hall–Kier alpha value is -3.58.